The number of hydrogen-bond donors (Lipinski definition) is 0. The highest BCUT2D eigenvalue weighted by atomic mass is 16.5. The Morgan fingerprint density at radius 1 is 1.58 bits per heavy atom. The van der Waals surface area contributed by atoms with Crippen LogP contribution in [0.4, 0.5) is 0 Å². The van der Waals surface area contributed by atoms with Gasteiger partial charge >= 0.3 is 0 Å². The molecule has 0 saturated carbocycles. The van der Waals surface area contributed by atoms with Crippen molar-refractivity contribution in [2.24, 2.45) is 0 Å². The second-order valence-corrected chi connectivity index (χ2v) is 2.79. The minimum absolute atomic E-state index is 0.834. The number of aryl methyl sites for hydroxylation is 1. The minimum atomic E-state index is 0.834. The summed E-state index contributed by atoms with van der Waals surface area (Å²) in [6.07, 6.45) is 2.05. The number of nitrogens with zero attached hydrogens (tertiary/aromatic N) is 1. The molecule has 0 fully saturated rings. The maximum atomic E-state index is 5.12. The summed E-state index contributed by atoms with van der Waals surface area (Å²) in [5, 5.41) is 5.01. The second-order valence-electron chi connectivity index (χ2n) is 2.79. The summed E-state index contributed by atoms with van der Waals surface area (Å²) < 4.78 is 5.12. The van der Waals surface area contributed by atoms with Crippen LogP contribution in [0.15, 0.2) is 22.7 Å². The van der Waals surface area contributed by atoms with Crippen LogP contribution in [0, 0.1) is 6.07 Å². The van der Waals surface area contributed by atoms with Crippen LogP contribution in [0.3, 0.4) is 0 Å². The number of benzene rings is 1. The molecule has 0 spiro atoms. The van der Waals surface area contributed by atoms with Crippen LogP contribution in [0.2, 0.25) is 0 Å². The first-order chi connectivity index (χ1) is 5.92. The molecule has 0 aliphatic heterocycles. The lowest BCUT2D eigenvalue weighted by Crippen LogP contribution is -1.82. The van der Waals surface area contributed by atoms with E-state index >= 15 is 0 Å². The van der Waals surface area contributed by atoms with Crippen molar-refractivity contribution < 1.29 is 4.52 Å². The Morgan fingerprint density at radius 2 is 2.50 bits per heavy atom. The van der Waals surface area contributed by atoms with Crippen molar-refractivity contribution in [3.8, 4) is 0 Å². The third-order valence-corrected chi connectivity index (χ3v) is 1.85. The lowest BCUT2D eigenvalue weighted by atomic mass is 10.1. The largest absolute Gasteiger partial charge is 0.356 e. The second kappa shape index (κ2) is 2.97. The van der Waals surface area contributed by atoms with Gasteiger partial charge in [0.05, 0.1) is 11.1 Å². The van der Waals surface area contributed by atoms with Crippen molar-refractivity contribution >= 4 is 11.0 Å². The monoisotopic (exact) mass is 160 g/mol. The number of aromatic nitrogens is 1. The fraction of sp³-hybridized carbons (Fsp3) is 0.300. The molecule has 0 N–H and O–H groups in total. The zero-order chi connectivity index (χ0) is 8.39. The Balaban J connectivity index is 2.55. The van der Waals surface area contributed by atoms with E-state index in [9.17, 15) is 0 Å². The van der Waals surface area contributed by atoms with Gasteiger partial charge in [0, 0.05) is 0 Å². The minimum Gasteiger partial charge on any atom is -0.356 e. The van der Waals surface area contributed by atoms with E-state index in [4.69, 9.17) is 4.52 Å². The fourth-order valence-electron chi connectivity index (χ4n) is 1.28. The van der Waals surface area contributed by atoms with Gasteiger partial charge in [0.25, 0.3) is 0 Å². The van der Waals surface area contributed by atoms with Gasteiger partial charge in [0.15, 0.2) is 5.58 Å². The molecule has 2 nitrogen and oxygen atoms in total. The Labute approximate surface area is 71.2 Å². The van der Waals surface area contributed by atoms with Crippen LogP contribution in [0.5, 0.6) is 0 Å². The average Bonchev–Trinajstić information content (AvgIpc) is 2.50. The molecular weight excluding hydrogens is 150 g/mol. The third-order valence-electron chi connectivity index (χ3n) is 1.85. The van der Waals surface area contributed by atoms with Gasteiger partial charge in [-0.3, -0.25) is 0 Å². The molecule has 0 amide bonds. The van der Waals surface area contributed by atoms with Crippen LogP contribution in [-0.4, -0.2) is 5.16 Å². The van der Waals surface area contributed by atoms with Gasteiger partial charge in [-0.15, -0.1) is 0 Å². The molecule has 0 unspecified atom stereocenters. The van der Waals surface area contributed by atoms with Crippen molar-refractivity contribution in [3.05, 3.63) is 30.0 Å². The average molecular weight is 160 g/mol. The summed E-state index contributed by atoms with van der Waals surface area (Å²) in [6.45, 7) is 2.13. The number of hydrogen-bond acceptors (Lipinski definition) is 2. The standard InChI is InChI=1S/C10H10NO/c1-2-5-9-8-6-3-4-7-10(8)12-11-9/h3-4,7H,2,5H2,1H3. The lowest BCUT2D eigenvalue weighted by Gasteiger charge is -1.88. The van der Waals surface area contributed by atoms with Crippen LogP contribution < -0.4 is 0 Å². The van der Waals surface area contributed by atoms with E-state index in [1.54, 1.807) is 0 Å². The predicted octanol–water partition coefficient (Wildman–Crippen LogP) is 2.58. The van der Waals surface area contributed by atoms with Gasteiger partial charge in [0.2, 0.25) is 0 Å². The molecule has 0 bridgehead atoms. The van der Waals surface area contributed by atoms with Crippen LogP contribution >= 0.6 is 0 Å². The van der Waals surface area contributed by atoms with Gasteiger partial charge in [0.1, 0.15) is 0 Å². The number of rotatable bonds is 2. The summed E-state index contributed by atoms with van der Waals surface area (Å²) >= 11 is 0. The smallest absolute Gasteiger partial charge is 0.167 e. The molecule has 0 atom stereocenters. The Bertz CT molecular complexity index is 378. The quantitative estimate of drug-likeness (QED) is 0.674. The molecule has 1 heterocycles. The van der Waals surface area contributed by atoms with E-state index in [2.05, 4.69) is 18.1 Å². The molecule has 1 radical (unpaired) electrons. The van der Waals surface area contributed by atoms with E-state index < -0.39 is 0 Å². The number of fused-ring (bicyclic) bond motifs is 1. The van der Waals surface area contributed by atoms with Crippen LogP contribution in [0.1, 0.15) is 19.0 Å². The van der Waals surface area contributed by atoms with Crippen molar-refractivity contribution in [2.45, 2.75) is 19.8 Å². The predicted molar refractivity (Wildman–Crippen MR) is 46.8 cm³/mol. The summed E-state index contributed by atoms with van der Waals surface area (Å²) in [5.41, 5.74) is 1.86. The van der Waals surface area contributed by atoms with Gasteiger partial charge in [-0.2, -0.15) is 0 Å². The van der Waals surface area contributed by atoms with Gasteiger partial charge in [-0.05, 0) is 18.6 Å². The van der Waals surface area contributed by atoms with Gasteiger partial charge in [-0.1, -0.05) is 30.6 Å². The van der Waals surface area contributed by atoms with Crippen molar-refractivity contribution in [2.75, 3.05) is 0 Å². The molecule has 1 aromatic carbocycles. The van der Waals surface area contributed by atoms with Crippen LogP contribution in [0.25, 0.3) is 11.0 Å². The molecule has 12 heavy (non-hydrogen) atoms. The first kappa shape index (κ1) is 7.35. The molecule has 61 valence electrons. The van der Waals surface area contributed by atoms with E-state index in [1.165, 1.54) is 0 Å². The fourth-order valence-corrected chi connectivity index (χ4v) is 1.28. The Kier molecular flexibility index (Phi) is 1.82. The van der Waals surface area contributed by atoms with Gasteiger partial charge < -0.3 is 4.52 Å². The summed E-state index contributed by atoms with van der Waals surface area (Å²) in [4.78, 5) is 0. The zero-order valence-corrected chi connectivity index (χ0v) is 7.00. The first-order valence-corrected chi connectivity index (χ1v) is 4.16. The Hall–Kier alpha value is -1.31. The summed E-state index contributed by atoms with van der Waals surface area (Å²) in [6, 6.07) is 8.84. The topological polar surface area (TPSA) is 26.0 Å². The zero-order valence-electron chi connectivity index (χ0n) is 7.00. The van der Waals surface area contributed by atoms with E-state index in [0.717, 1.165) is 29.5 Å². The van der Waals surface area contributed by atoms with E-state index in [1.807, 2.05) is 18.2 Å². The highest BCUT2D eigenvalue weighted by Crippen LogP contribution is 2.17. The maximum Gasteiger partial charge on any atom is 0.167 e. The molecular formula is C10H10NO. The van der Waals surface area contributed by atoms with Crippen LogP contribution in [-0.2, 0) is 6.42 Å². The van der Waals surface area contributed by atoms with Crippen molar-refractivity contribution in [3.63, 3.8) is 0 Å². The van der Waals surface area contributed by atoms with Crippen molar-refractivity contribution in [1.29, 1.82) is 0 Å². The molecule has 0 saturated heterocycles. The summed E-state index contributed by atoms with van der Waals surface area (Å²) in [5.74, 6) is 0. The molecule has 2 rings (SSSR count). The van der Waals surface area contributed by atoms with Crippen molar-refractivity contribution in [1.82, 2.24) is 5.16 Å². The highest BCUT2D eigenvalue weighted by molar-refractivity contribution is 5.78. The lowest BCUT2D eigenvalue weighted by molar-refractivity contribution is 0.445. The molecule has 2 aromatic rings. The molecule has 2 heteroatoms. The molecule has 0 aliphatic rings. The van der Waals surface area contributed by atoms with E-state index in [0.29, 0.717) is 0 Å². The normalized spacial score (nSPS) is 10.8. The summed E-state index contributed by atoms with van der Waals surface area (Å²) in [7, 11) is 0. The Morgan fingerprint density at radius 3 is 3.33 bits per heavy atom. The van der Waals surface area contributed by atoms with Gasteiger partial charge in [-0.25, -0.2) is 0 Å². The molecule has 0 aliphatic carbocycles. The molecule has 1 aromatic heterocycles. The van der Waals surface area contributed by atoms with E-state index in [-0.39, 0.29) is 0 Å². The SMILES string of the molecule is CCCc1noc2ccc[c]c12. The highest BCUT2D eigenvalue weighted by Gasteiger charge is 2.04. The maximum absolute atomic E-state index is 5.12. The third kappa shape index (κ3) is 1.09. The first-order valence-electron chi connectivity index (χ1n) is 4.16.